The molecular formula is C84H134O18. The molecule has 18 nitrogen and oxygen atoms in total. The highest BCUT2D eigenvalue weighted by Crippen LogP contribution is 2.26. The van der Waals surface area contributed by atoms with Crippen molar-refractivity contribution < 1.29 is 84.8 Å². The van der Waals surface area contributed by atoms with Crippen molar-refractivity contribution in [1.82, 2.24) is 0 Å². The van der Waals surface area contributed by atoms with E-state index in [1.165, 1.54) is 18.8 Å². The molecule has 3 unspecified atom stereocenters. The summed E-state index contributed by atoms with van der Waals surface area (Å²) in [5, 5.41) is 0. The molecule has 0 amide bonds. The zero-order valence-corrected chi connectivity index (χ0v) is 63.5. The van der Waals surface area contributed by atoms with Crippen LogP contribution in [-0.2, 0) is 91.4 Å². The first-order valence-corrected chi connectivity index (χ1v) is 40.4. The number of ketones is 3. The van der Waals surface area contributed by atoms with Gasteiger partial charge < -0.3 is 41.7 Å². The molecule has 0 aliphatic carbocycles. The lowest BCUT2D eigenvalue weighted by molar-refractivity contribution is -0.167. The Balaban J connectivity index is 1.37. The Labute approximate surface area is 612 Å². The molecule has 0 aliphatic rings. The molecule has 3 rings (SSSR count). The Bertz CT molecular complexity index is 2470. The number of esters is 6. The lowest BCUT2D eigenvalue weighted by Crippen LogP contribution is -2.30. The average molecular weight is 1430 g/mol. The zero-order valence-electron chi connectivity index (χ0n) is 63.5. The van der Waals surface area contributed by atoms with Crippen LogP contribution < -0.4 is 0 Å². The summed E-state index contributed by atoms with van der Waals surface area (Å²) in [6, 6.07) is 10.5. The zero-order chi connectivity index (χ0) is 73.6. The summed E-state index contributed by atoms with van der Waals surface area (Å²) < 4.78 is 48.7. The van der Waals surface area contributed by atoms with E-state index in [0.29, 0.717) is 36.5 Å². The van der Waals surface area contributed by atoms with E-state index in [1.807, 2.05) is 0 Å². The smallest absolute Gasteiger partial charge is 0.306 e. The highest BCUT2D eigenvalue weighted by molar-refractivity contribution is 5.86. The molecule has 0 fully saturated rings. The maximum absolute atomic E-state index is 13.3. The van der Waals surface area contributed by atoms with E-state index in [2.05, 4.69) is 20.8 Å². The van der Waals surface area contributed by atoms with Crippen LogP contribution in [0.4, 0.5) is 0 Å². The van der Waals surface area contributed by atoms with Crippen LogP contribution in [0, 0.1) is 17.8 Å². The monoisotopic (exact) mass is 1430 g/mol. The van der Waals surface area contributed by atoms with E-state index >= 15 is 0 Å². The third kappa shape index (κ3) is 49.4. The maximum Gasteiger partial charge on any atom is 0.306 e. The molecule has 0 N–H and O–H groups in total. The molecule has 0 saturated heterocycles. The molecule has 0 bridgehead atoms. The Kier molecular flexibility index (Phi) is 54.7. The van der Waals surface area contributed by atoms with Crippen LogP contribution in [0.5, 0.6) is 0 Å². The molecule has 578 valence electrons. The van der Waals surface area contributed by atoms with Gasteiger partial charge in [0.15, 0.2) is 6.10 Å². The molecule has 0 radical (unpaired) electrons. The second-order valence-corrected chi connectivity index (χ2v) is 28.3. The Morgan fingerprint density at radius 1 is 0.275 bits per heavy atom. The molecule has 3 aromatic rings. The third-order valence-electron chi connectivity index (χ3n) is 19.4. The van der Waals surface area contributed by atoms with Crippen LogP contribution in [0.15, 0.2) is 68.4 Å². The first kappa shape index (κ1) is 89.9. The number of unbranched alkanes of at least 4 members (excludes halogenated alkanes) is 30. The predicted molar refractivity (Wildman–Crippen MR) is 395 cm³/mol. The van der Waals surface area contributed by atoms with Gasteiger partial charge >= 0.3 is 35.8 Å². The standard InChI is InChI=1S/C84H134O18/c1-4-7-10-31-43-69(76(85)55-58-81(90)97-64-72-49-40-61-94-72)46-34-25-19-13-16-22-28-37-52-79(88)100-67-75(102-84(93)54-39-30-24-18-15-21-27-36-48-71(45-33-12-9-6-3)78(87)57-60-83(92)99-66-74-51-42-63-96-74)68-101-80(89)53-38-29-23-17-14-20-26-35-47-70(44-32-11-8-5-2)77(86)56-59-82(91)98-65-73-50-41-62-95-73/h40-42,49-51,61-63,69-71,75H,4-39,43-48,52-60,64-68H2,1-3H3. The number of Topliss-reactive ketones (excluding diaryl/α,β-unsaturated/α-hetero) is 3. The Morgan fingerprint density at radius 2 is 0.510 bits per heavy atom. The highest BCUT2D eigenvalue weighted by Gasteiger charge is 2.24. The van der Waals surface area contributed by atoms with Crippen molar-refractivity contribution in [3.8, 4) is 0 Å². The number of hydrogen-bond donors (Lipinski definition) is 0. The van der Waals surface area contributed by atoms with Gasteiger partial charge in [-0.3, -0.25) is 43.2 Å². The van der Waals surface area contributed by atoms with Gasteiger partial charge in [0, 0.05) is 56.3 Å². The molecule has 3 aromatic heterocycles. The van der Waals surface area contributed by atoms with Crippen molar-refractivity contribution in [2.24, 2.45) is 17.8 Å². The lowest BCUT2D eigenvalue weighted by atomic mass is 9.89. The van der Waals surface area contributed by atoms with Crippen molar-refractivity contribution in [1.29, 1.82) is 0 Å². The average Bonchev–Trinajstić information content (AvgIpc) is 1.35. The number of furan rings is 3. The van der Waals surface area contributed by atoms with Crippen molar-refractivity contribution in [2.75, 3.05) is 13.2 Å². The van der Waals surface area contributed by atoms with E-state index in [0.717, 1.165) is 250 Å². The first-order valence-electron chi connectivity index (χ1n) is 40.4. The summed E-state index contributed by atoms with van der Waals surface area (Å²) in [4.78, 5) is 116. The molecule has 0 aliphatic heterocycles. The van der Waals surface area contributed by atoms with Crippen molar-refractivity contribution >= 4 is 53.2 Å². The van der Waals surface area contributed by atoms with E-state index in [4.69, 9.17) is 41.7 Å². The van der Waals surface area contributed by atoms with Gasteiger partial charge in [0.25, 0.3) is 0 Å². The van der Waals surface area contributed by atoms with Crippen molar-refractivity contribution in [3.63, 3.8) is 0 Å². The quantitative estimate of drug-likeness (QED) is 0.0289. The molecule has 0 aromatic carbocycles. The second-order valence-electron chi connectivity index (χ2n) is 28.3. The van der Waals surface area contributed by atoms with Crippen molar-refractivity contribution in [3.05, 3.63) is 72.5 Å². The van der Waals surface area contributed by atoms with Crippen molar-refractivity contribution in [2.45, 2.75) is 374 Å². The van der Waals surface area contributed by atoms with Gasteiger partial charge in [0.1, 0.15) is 67.7 Å². The molecule has 3 heterocycles. The van der Waals surface area contributed by atoms with Crippen LogP contribution in [0.25, 0.3) is 0 Å². The van der Waals surface area contributed by atoms with E-state index < -0.39 is 18.0 Å². The topological polar surface area (TPSA) is 248 Å². The third-order valence-corrected chi connectivity index (χ3v) is 19.4. The molecule has 0 spiro atoms. The largest absolute Gasteiger partial charge is 0.466 e. The minimum atomic E-state index is -0.918. The second kappa shape index (κ2) is 62.1. The fourth-order valence-electron chi connectivity index (χ4n) is 13.0. The van der Waals surface area contributed by atoms with Gasteiger partial charge in [-0.05, 0) is 94.2 Å². The van der Waals surface area contributed by atoms with Gasteiger partial charge in [0.05, 0.1) is 38.1 Å². The van der Waals surface area contributed by atoms with Gasteiger partial charge in [-0.25, -0.2) is 0 Å². The fraction of sp³-hybridized carbons (Fsp3) is 0.750. The van der Waals surface area contributed by atoms with Crippen LogP contribution in [0.1, 0.15) is 366 Å². The van der Waals surface area contributed by atoms with E-state index in [1.54, 1.807) is 36.4 Å². The van der Waals surface area contributed by atoms with Crippen LogP contribution in [-0.4, -0.2) is 72.5 Å². The summed E-state index contributed by atoms with van der Waals surface area (Å²) in [7, 11) is 0. The number of ether oxygens (including phenoxy) is 6. The van der Waals surface area contributed by atoms with Crippen LogP contribution in [0.2, 0.25) is 0 Å². The summed E-state index contributed by atoms with van der Waals surface area (Å²) in [6.07, 6.45) is 46.7. The van der Waals surface area contributed by atoms with Gasteiger partial charge in [0.2, 0.25) is 0 Å². The van der Waals surface area contributed by atoms with E-state index in [-0.39, 0.29) is 150 Å². The maximum atomic E-state index is 13.3. The summed E-state index contributed by atoms with van der Waals surface area (Å²) in [5.74, 6) is -0.286. The Hall–Kier alpha value is -6.33. The van der Waals surface area contributed by atoms with E-state index in [9.17, 15) is 43.2 Å². The molecule has 18 heteroatoms. The highest BCUT2D eigenvalue weighted by atomic mass is 16.6. The summed E-state index contributed by atoms with van der Waals surface area (Å²) in [6.45, 7) is 6.34. The number of carbonyl (C=O) groups is 9. The molecular weight excluding hydrogens is 1300 g/mol. The summed E-state index contributed by atoms with van der Waals surface area (Å²) >= 11 is 0. The molecule has 102 heavy (non-hydrogen) atoms. The minimum Gasteiger partial charge on any atom is -0.466 e. The van der Waals surface area contributed by atoms with Gasteiger partial charge in [-0.2, -0.15) is 0 Å². The summed E-state index contributed by atoms with van der Waals surface area (Å²) in [5.41, 5.74) is 0. The lowest BCUT2D eigenvalue weighted by Gasteiger charge is -2.18. The molecule has 3 atom stereocenters. The SMILES string of the molecule is CCCCCCC(CCCCCCCCCCC(=O)OCC(COC(=O)CCCCCCCCCCC(CCCCCC)C(=O)CCC(=O)OCc1ccco1)OC(=O)CCCCCCCCCCC(CCCCCC)C(=O)CCC(=O)OCc1ccco1)C(=O)CCC(=O)OCc1ccco1. The van der Waals surface area contributed by atoms with Gasteiger partial charge in [-0.1, -0.05) is 233 Å². The normalized spacial score (nSPS) is 12.5. The minimum absolute atomic E-state index is 0.0311. The number of hydrogen-bond acceptors (Lipinski definition) is 18. The van der Waals surface area contributed by atoms with Crippen LogP contribution in [0.3, 0.4) is 0 Å². The fourth-order valence-corrected chi connectivity index (χ4v) is 13.0. The predicted octanol–water partition coefficient (Wildman–Crippen LogP) is 21.5. The molecule has 0 saturated carbocycles. The first-order chi connectivity index (χ1) is 49.8. The van der Waals surface area contributed by atoms with Gasteiger partial charge in [-0.15, -0.1) is 0 Å². The number of rotatable bonds is 71. The van der Waals surface area contributed by atoms with Crippen LogP contribution >= 0.6 is 0 Å². The number of carbonyl (C=O) groups excluding carboxylic acids is 9. The Morgan fingerprint density at radius 3 is 0.765 bits per heavy atom.